The van der Waals surface area contributed by atoms with Crippen LogP contribution >= 0.6 is 11.3 Å². The molecule has 1 heterocycles. The van der Waals surface area contributed by atoms with E-state index in [1.807, 2.05) is 41.8 Å². The number of phenolic OH excluding ortho intramolecular Hbond substituents is 2. The van der Waals surface area contributed by atoms with Crippen LogP contribution in [0.5, 0.6) is 11.5 Å². The molecular weight excluding hydrogens is 440 g/mol. The summed E-state index contributed by atoms with van der Waals surface area (Å²) in [4.78, 5) is 9.22. The maximum Gasteiger partial charge on any atom is 0.209 e. The summed E-state index contributed by atoms with van der Waals surface area (Å²) in [5.41, 5.74) is 4.36. The summed E-state index contributed by atoms with van der Waals surface area (Å²) in [6, 6.07) is 27.4. The summed E-state index contributed by atoms with van der Waals surface area (Å²) in [7, 11) is 0. The third-order valence-corrected chi connectivity index (χ3v) is 6.94. The van der Waals surface area contributed by atoms with Crippen LogP contribution in [0, 0.1) is 0 Å². The quantitative estimate of drug-likeness (QED) is 0.265. The van der Waals surface area contributed by atoms with E-state index in [0.29, 0.717) is 10.7 Å². The van der Waals surface area contributed by atoms with E-state index in [1.54, 1.807) is 24.4 Å². The Kier molecular flexibility index (Phi) is 5.64. The molecule has 0 radical (unpaired) electrons. The molecule has 0 aliphatic rings. The summed E-state index contributed by atoms with van der Waals surface area (Å²) in [5.74, 6) is 0.407. The molecule has 0 fully saturated rings. The van der Waals surface area contributed by atoms with Crippen LogP contribution in [0.25, 0.3) is 22.0 Å². The molecular formula is C29H24N2O2S. The van der Waals surface area contributed by atoms with E-state index in [0.717, 1.165) is 22.4 Å². The maximum absolute atomic E-state index is 10.4. The molecule has 168 valence electrons. The average Bonchev–Trinajstić information content (AvgIpc) is 3.32. The van der Waals surface area contributed by atoms with Crippen molar-refractivity contribution in [3.05, 3.63) is 107 Å². The fraction of sp³-hybridized carbons (Fsp3) is 0.103. The van der Waals surface area contributed by atoms with Crippen LogP contribution in [-0.2, 0) is 5.41 Å². The molecule has 0 atom stereocenters. The third kappa shape index (κ3) is 4.30. The van der Waals surface area contributed by atoms with Gasteiger partial charge < -0.3 is 10.2 Å². The van der Waals surface area contributed by atoms with E-state index in [-0.39, 0.29) is 16.9 Å². The Morgan fingerprint density at radius 2 is 1.56 bits per heavy atom. The number of phenols is 2. The van der Waals surface area contributed by atoms with Crippen molar-refractivity contribution < 1.29 is 10.2 Å². The summed E-state index contributed by atoms with van der Waals surface area (Å²) in [6.45, 7) is 4.23. The predicted octanol–water partition coefficient (Wildman–Crippen LogP) is 7.45. The monoisotopic (exact) mass is 464 g/mol. The molecule has 0 aliphatic heterocycles. The summed E-state index contributed by atoms with van der Waals surface area (Å²) in [6.07, 6.45) is 1.66. The fourth-order valence-electron chi connectivity index (χ4n) is 4.02. The van der Waals surface area contributed by atoms with Gasteiger partial charge in [0.1, 0.15) is 11.5 Å². The molecule has 0 aliphatic carbocycles. The molecule has 5 rings (SSSR count). The van der Waals surface area contributed by atoms with Crippen LogP contribution in [0.1, 0.15) is 30.5 Å². The highest BCUT2D eigenvalue weighted by molar-refractivity contribution is 7.13. The molecule has 0 unspecified atom stereocenters. The lowest BCUT2D eigenvalue weighted by Gasteiger charge is -2.26. The van der Waals surface area contributed by atoms with E-state index >= 15 is 0 Å². The molecule has 0 spiro atoms. The van der Waals surface area contributed by atoms with Gasteiger partial charge in [0, 0.05) is 28.1 Å². The number of fused-ring (bicyclic) bond motifs is 1. The number of aliphatic imine (C=N–C) groups is 1. The zero-order valence-electron chi connectivity index (χ0n) is 18.9. The van der Waals surface area contributed by atoms with Crippen LogP contribution in [0.15, 0.2) is 95.3 Å². The zero-order chi connectivity index (χ0) is 23.7. The Balaban J connectivity index is 1.41. The van der Waals surface area contributed by atoms with E-state index < -0.39 is 0 Å². The summed E-state index contributed by atoms with van der Waals surface area (Å²) < 4.78 is 0. The first-order valence-corrected chi connectivity index (χ1v) is 11.9. The van der Waals surface area contributed by atoms with Gasteiger partial charge in [-0.15, -0.1) is 11.3 Å². The molecule has 1 aromatic heterocycles. The van der Waals surface area contributed by atoms with Crippen molar-refractivity contribution in [2.75, 3.05) is 0 Å². The second-order valence-corrected chi connectivity index (χ2v) is 9.62. The Morgan fingerprint density at radius 1 is 0.824 bits per heavy atom. The zero-order valence-corrected chi connectivity index (χ0v) is 19.8. The van der Waals surface area contributed by atoms with Crippen molar-refractivity contribution in [3.8, 4) is 22.8 Å². The molecule has 5 aromatic rings. The number of benzene rings is 4. The lowest BCUT2D eigenvalue weighted by Crippen LogP contribution is -2.19. The largest absolute Gasteiger partial charge is 0.508 e. The molecule has 2 N–H and O–H groups in total. The normalized spacial score (nSPS) is 11.9. The van der Waals surface area contributed by atoms with Gasteiger partial charge in [-0.1, -0.05) is 68.4 Å². The lowest BCUT2D eigenvalue weighted by atomic mass is 9.77. The molecule has 0 amide bonds. The fourth-order valence-corrected chi connectivity index (χ4v) is 4.69. The van der Waals surface area contributed by atoms with Gasteiger partial charge in [-0.05, 0) is 52.2 Å². The van der Waals surface area contributed by atoms with E-state index in [2.05, 4.69) is 54.2 Å². The smallest absolute Gasteiger partial charge is 0.209 e. The molecule has 4 aromatic carbocycles. The molecule has 0 bridgehead atoms. The van der Waals surface area contributed by atoms with Crippen LogP contribution in [-0.4, -0.2) is 21.4 Å². The Bertz CT molecular complexity index is 1500. The minimum absolute atomic E-state index is 0.167. The van der Waals surface area contributed by atoms with Crippen LogP contribution in [0.2, 0.25) is 0 Å². The van der Waals surface area contributed by atoms with Crippen LogP contribution in [0.3, 0.4) is 0 Å². The molecule has 4 nitrogen and oxygen atoms in total. The van der Waals surface area contributed by atoms with Gasteiger partial charge in [-0.2, -0.15) is 0 Å². The van der Waals surface area contributed by atoms with Crippen molar-refractivity contribution in [2.45, 2.75) is 19.3 Å². The predicted molar refractivity (Wildman–Crippen MR) is 141 cm³/mol. The van der Waals surface area contributed by atoms with E-state index in [1.165, 1.54) is 22.1 Å². The Morgan fingerprint density at radius 3 is 2.35 bits per heavy atom. The summed E-state index contributed by atoms with van der Waals surface area (Å²) >= 11 is 1.47. The van der Waals surface area contributed by atoms with Gasteiger partial charge in [-0.25, -0.2) is 9.98 Å². The topological polar surface area (TPSA) is 65.7 Å². The van der Waals surface area contributed by atoms with Crippen molar-refractivity contribution in [3.63, 3.8) is 0 Å². The van der Waals surface area contributed by atoms with Crippen molar-refractivity contribution in [2.24, 2.45) is 4.99 Å². The minimum Gasteiger partial charge on any atom is -0.508 e. The third-order valence-electron chi connectivity index (χ3n) is 6.19. The second-order valence-electron chi connectivity index (χ2n) is 8.78. The first-order valence-electron chi connectivity index (χ1n) is 11.0. The van der Waals surface area contributed by atoms with Crippen molar-refractivity contribution >= 4 is 33.5 Å². The lowest BCUT2D eigenvalue weighted by molar-refractivity contribution is 0.473. The van der Waals surface area contributed by atoms with Gasteiger partial charge >= 0.3 is 0 Å². The van der Waals surface area contributed by atoms with Gasteiger partial charge in [0.05, 0.1) is 5.69 Å². The highest BCUT2D eigenvalue weighted by Crippen LogP contribution is 2.35. The van der Waals surface area contributed by atoms with E-state index in [4.69, 9.17) is 0 Å². The van der Waals surface area contributed by atoms with Crippen molar-refractivity contribution in [1.82, 2.24) is 4.98 Å². The van der Waals surface area contributed by atoms with Crippen LogP contribution < -0.4 is 0 Å². The number of thiazole rings is 1. The van der Waals surface area contributed by atoms with E-state index in [9.17, 15) is 10.2 Å². The number of aromatic nitrogens is 1. The second kappa shape index (κ2) is 8.76. The van der Waals surface area contributed by atoms with Crippen LogP contribution in [0.4, 0.5) is 5.13 Å². The van der Waals surface area contributed by atoms with Crippen molar-refractivity contribution in [1.29, 1.82) is 0 Å². The number of nitrogens with zero attached hydrogens (tertiary/aromatic N) is 2. The first-order chi connectivity index (χ1) is 16.4. The molecule has 0 saturated carbocycles. The molecule has 34 heavy (non-hydrogen) atoms. The standard InChI is InChI=1S/C29H24N2O2S/c1-29(2,23-9-12-25(32)13-10-23)24-11-14-27(33)22(16-24)17-30-28-31-26(18-34-28)21-8-7-19-5-3-4-6-20(19)15-21/h3-18,32-33H,1-2H3/b30-17+. The number of hydrogen-bond acceptors (Lipinski definition) is 5. The van der Waals surface area contributed by atoms with Gasteiger partial charge in [0.2, 0.25) is 5.13 Å². The molecule has 5 heteroatoms. The Hall–Kier alpha value is -3.96. The maximum atomic E-state index is 10.4. The number of aromatic hydroxyl groups is 2. The highest BCUT2D eigenvalue weighted by atomic mass is 32.1. The first kappa shape index (κ1) is 21.9. The molecule has 0 saturated heterocycles. The number of hydrogen-bond donors (Lipinski definition) is 2. The summed E-state index contributed by atoms with van der Waals surface area (Å²) in [5, 5.41) is 25.1. The number of rotatable bonds is 5. The highest BCUT2D eigenvalue weighted by Gasteiger charge is 2.24. The van der Waals surface area contributed by atoms with Gasteiger partial charge in [0.25, 0.3) is 0 Å². The average molecular weight is 465 g/mol. The minimum atomic E-state index is -0.311. The van der Waals surface area contributed by atoms with Gasteiger partial charge in [-0.3, -0.25) is 0 Å². The SMILES string of the molecule is CC(C)(c1ccc(O)cc1)c1ccc(O)c(/C=N/c2nc(-c3ccc4ccccc4c3)cs2)c1. The Labute approximate surface area is 202 Å². The van der Waals surface area contributed by atoms with Gasteiger partial charge in [0.15, 0.2) is 0 Å².